The minimum Gasteiger partial charge on any atom is -0.350 e. The fraction of sp³-hybridized carbons (Fsp3) is 0.200. The zero-order valence-electron chi connectivity index (χ0n) is 16.4. The van der Waals surface area contributed by atoms with Gasteiger partial charge in [-0.15, -0.1) is 11.3 Å². The summed E-state index contributed by atoms with van der Waals surface area (Å²) in [6, 6.07) is 6.77. The third kappa shape index (κ3) is 4.36. The molecule has 0 atom stereocenters. The van der Waals surface area contributed by atoms with E-state index in [0.717, 1.165) is 32.6 Å². The van der Waals surface area contributed by atoms with Crippen LogP contribution in [0.25, 0.3) is 16.3 Å². The number of rotatable bonds is 5. The van der Waals surface area contributed by atoms with Crippen LogP contribution in [0.4, 0.5) is 4.79 Å². The van der Waals surface area contributed by atoms with Gasteiger partial charge in [-0.25, -0.2) is 0 Å². The van der Waals surface area contributed by atoms with Crippen LogP contribution in [0.2, 0.25) is 10.0 Å². The highest BCUT2D eigenvalue weighted by Gasteiger charge is 2.34. The number of fused-ring (bicyclic) bond motifs is 1. The summed E-state index contributed by atoms with van der Waals surface area (Å²) in [6.45, 7) is 2.13. The Balaban J connectivity index is 1.38. The topological polar surface area (TPSA) is 84.3 Å². The first-order chi connectivity index (χ1) is 14.7. The van der Waals surface area contributed by atoms with Crippen LogP contribution in [0.3, 0.4) is 0 Å². The molecule has 1 fully saturated rings. The van der Waals surface area contributed by atoms with Crippen LogP contribution < -0.4 is 5.32 Å². The maximum absolute atomic E-state index is 12.6. The summed E-state index contributed by atoms with van der Waals surface area (Å²) in [4.78, 5) is 40.2. The molecule has 2 aromatic heterocycles. The second kappa shape index (κ2) is 8.66. The second-order valence-corrected chi connectivity index (χ2v) is 9.64. The average Bonchev–Trinajstić information content (AvgIpc) is 3.35. The summed E-state index contributed by atoms with van der Waals surface area (Å²) < 4.78 is 1.74. The second-order valence-electron chi connectivity index (χ2n) is 6.80. The first-order valence-corrected chi connectivity index (χ1v) is 11.5. The molecule has 1 saturated heterocycles. The number of hydrogen-bond acceptors (Lipinski definition) is 6. The van der Waals surface area contributed by atoms with E-state index in [1.807, 2.05) is 14.0 Å². The molecule has 1 N–H and O–H groups in total. The number of benzene rings is 1. The zero-order valence-corrected chi connectivity index (χ0v) is 19.6. The van der Waals surface area contributed by atoms with Crippen molar-refractivity contribution in [3.05, 3.63) is 55.4 Å². The number of thiophene rings is 1. The fourth-order valence-electron chi connectivity index (χ4n) is 3.13. The zero-order chi connectivity index (χ0) is 22.3. The van der Waals surface area contributed by atoms with Gasteiger partial charge in [-0.1, -0.05) is 29.3 Å². The maximum atomic E-state index is 12.6. The van der Waals surface area contributed by atoms with E-state index in [9.17, 15) is 14.4 Å². The number of thioether (sulfide) groups is 1. The minimum absolute atomic E-state index is 0.0839. The number of amides is 3. The van der Waals surface area contributed by atoms with E-state index in [1.54, 1.807) is 35.0 Å². The van der Waals surface area contributed by atoms with E-state index in [4.69, 9.17) is 23.2 Å². The number of hydrogen-bond donors (Lipinski definition) is 1. The Labute approximate surface area is 196 Å². The lowest BCUT2D eigenvalue weighted by Gasteiger charge is -2.12. The van der Waals surface area contributed by atoms with Gasteiger partial charge in [0.2, 0.25) is 0 Å². The Hall–Kier alpha value is -2.33. The Morgan fingerprint density at radius 3 is 2.71 bits per heavy atom. The molecule has 3 amide bonds. The molecule has 1 aromatic carbocycles. The Morgan fingerprint density at radius 1 is 1.23 bits per heavy atom. The number of aryl methyl sites for hydroxylation is 2. The normalized spacial score (nSPS) is 15.5. The van der Waals surface area contributed by atoms with Crippen molar-refractivity contribution in [3.63, 3.8) is 0 Å². The van der Waals surface area contributed by atoms with Crippen molar-refractivity contribution in [3.8, 4) is 0 Å². The first kappa shape index (κ1) is 21.9. The number of halogens is 2. The van der Waals surface area contributed by atoms with Gasteiger partial charge in [0, 0.05) is 25.5 Å². The smallest absolute Gasteiger partial charge is 0.293 e. The molecule has 3 heterocycles. The lowest BCUT2D eigenvalue weighted by atomic mass is 10.2. The third-order valence-electron chi connectivity index (χ3n) is 4.66. The molecule has 0 radical (unpaired) electrons. The fourth-order valence-corrected chi connectivity index (χ4v) is 5.34. The molecule has 160 valence electrons. The number of nitrogens with one attached hydrogen (secondary N) is 1. The van der Waals surface area contributed by atoms with E-state index in [0.29, 0.717) is 25.4 Å². The van der Waals surface area contributed by atoms with Crippen LogP contribution in [0.15, 0.2) is 29.2 Å². The highest BCUT2D eigenvalue weighted by molar-refractivity contribution is 8.18. The Kier molecular flexibility index (Phi) is 6.11. The average molecular weight is 495 g/mol. The Bertz CT molecular complexity index is 1230. The van der Waals surface area contributed by atoms with E-state index in [2.05, 4.69) is 10.4 Å². The molecule has 0 spiro atoms. The van der Waals surface area contributed by atoms with Gasteiger partial charge in [0.15, 0.2) is 0 Å². The monoisotopic (exact) mass is 494 g/mol. The van der Waals surface area contributed by atoms with Crippen LogP contribution in [0.1, 0.15) is 20.9 Å². The summed E-state index contributed by atoms with van der Waals surface area (Å²) in [5.41, 5.74) is 1.53. The molecule has 0 unspecified atom stereocenters. The van der Waals surface area contributed by atoms with Crippen LogP contribution in [0.5, 0.6) is 0 Å². The maximum Gasteiger partial charge on any atom is 0.293 e. The highest BCUT2D eigenvalue weighted by atomic mass is 35.5. The van der Waals surface area contributed by atoms with Crippen molar-refractivity contribution in [2.24, 2.45) is 7.05 Å². The summed E-state index contributed by atoms with van der Waals surface area (Å²) in [5, 5.41) is 8.43. The predicted octanol–water partition coefficient (Wildman–Crippen LogP) is 4.72. The van der Waals surface area contributed by atoms with Gasteiger partial charge in [0.05, 0.1) is 25.5 Å². The van der Waals surface area contributed by atoms with E-state index < -0.39 is 5.91 Å². The van der Waals surface area contributed by atoms with Crippen molar-refractivity contribution >= 4 is 79.6 Å². The van der Waals surface area contributed by atoms with Crippen LogP contribution in [-0.4, -0.2) is 44.8 Å². The van der Waals surface area contributed by atoms with Gasteiger partial charge in [0.25, 0.3) is 17.1 Å². The van der Waals surface area contributed by atoms with Gasteiger partial charge < -0.3 is 5.32 Å². The molecule has 11 heteroatoms. The molecule has 0 bridgehead atoms. The highest BCUT2D eigenvalue weighted by Crippen LogP contribution is 2.33. The standard InChI is InChI=1S/C20H16Cl2N4O3S2/c1-10-12-9-15(30-19(12)25(2)24-10)17(27)23-5-6-26-18(28)16(31-20(26)29)8-11-3-4-13(21)14(22)7-11/h3-4,7-9H,5-6H2,1-2H3,(H,23,27). The van der Waals surface area contributed by atoms with Crippen molar-refractivity contribution in [1.82, 2.24) is 20.0 Å². The number of aromatic nitrogens is 2. The summed E-state index contributed by atoms with van der Waals surface area (Å²) in [6.07, 6.45) is 1.60. The summed E-state index contributed by atoms with van der Waals surface area (Å²) in [5.74, 6) is -0.655. The lowest BCUT2D eigenvalue weighted by molar-refractivity contribution is -0.122. The molecule has 4 rings (SSSR count). The van der Waals surface area contributed by atoms with Gasteiger partial charge in [-0.3, -0.25) is 24.0 Å². The number of carbonyl (C=O) groups is 3. The molecule has 0 saturated carbocycles. The molecule has 0 aliphatic carbocycles. The van der Waals surface area contributed by atoms with E-state index in [1.165, 1.54) is 11.3 Å². The molecular formula is C20H16Cl2N4O3S2. The number of carbonyl (C=O) groups excluding carboxylic acids is 3. The Morgan fingerprint density at radius 2 is 2.00 bits per heavy atom. The van der Waals surface area contributed by atoms with E-state index in [-0.39, 0.29) is 24.2 Å². The van der Waals surface area contributed by atoms with Crippen molar-refractivity contribution in [1.29, 1.82) is 0 Å². The largest absolute Gasteiger partial charge is 0.350 e. The molecule has 3 aromatic rings. The van der Waals surface area contributed by atoms with Gasteiger partial charge in [-0.05, 0) is 48.5 Å². The first-order valence-electron chi connectivity index (χ1n) is 9.16. The predicted molar refractivity (Wildman–Crippen MR) is 125 cm³/mol. The molecule has 31 heavy (non-hydrogen) atoms. The van der Waals surface area contributed by atoms with Crippen molar-refractivity contribution < 1.29 is 14.4 Å². The van der Waals surface area contributed by atoms with Crippen LogP contribution >= 0.6 is 46.3 Å². The summed E-state index contributed by atoms with van der Waals surface area (Å²) in [7, 11) is 1.83. The van der Waals surface area contributed by atoms with Crippen LogP contribution in [0, 0.1) is 6.92 Å². The number of imide groups is 1. The third-order valence-corrected chi connectivity index (χ3v) is 7.50. The van der Waals surface area contributed by atoms with Crippen molar-refractivity contribution in [2.45, 2.75) is 6.92 Å². The molecular weight excluding hydrogens is 479 g/mol. The van der Waals surface area contributed by atoms with Gasteiger partial charge in [0.1, 0.15) is 4.83 Å². The van der Waals surface area contributed by atoms with Crippen LogP contribution in [-0.2, 0) is 11.8 Å². The number of nitrogens with zero attached hydrogens (tertiary/aromatic N) is 3. The molecule has 7 nitrogen and oxygen atoms in total. The molecule has 1 aliphatic rings. The quantitative estimate of drug-likeness (QED) is 0.518. The van der Waals surface area contributed by atoms with Gasteiger partial charge >= 0.3 is 0 Å². The molecule has 1 aliphatic heterocycles. The summed E-state index contributed by atoms with van der Waals surface area (Å²) >= 11 is 14.1. The minimum atomic E-state index is -0.404. The van der Waals surface area contributed by atoms with Gasteiger partial charge in [-0.2, -0.15) is 5.10 Å². The SMILES string of the molecule is Cc1nn(C)c2sc(C(=O)NCCN3C(=O)SC(=Cc4ccc(Cl)c(Cl)c4)C3=O)cc12. The van der Waals surface area contributed by atoms with Crippen molar-refractivity contribution in [2.75, 3.05) is 13.1 Å². The van der Waals surface area contributed by atoms with E-state index >= 15 is 0 Å². The lowest BCUT2D eigenvalue weighted by Crippen LogP contribution is -2.37.